The number of hydrogen-bond acceptors (Lipinski definition) is 9. The number of fused-ring (bicyclic) bond motifs is 3. The molecule has 3 saturated heterocycles. The molecule has 11 heteroatoms. The van der Waals surface area contributed by atoms with Gasteiger partial charge in [0.2, 0.25) is 17.7 Å². The summed E-state index contributed by atoms with van der Waals surface area (Å²) in [6.45, 7) is 3.61. The number of carbonyl (C=O) groups is 5. The van der Waals surface area contributed by atoms with Crippen molar-refractivity contribution in [2.75, 3.05) is 25.7 Å². The molecule has 0 aromatic heterocycles. The normalized spacial score (nSPS) is 30.6. The van der Waals surface area contributed by atoms with E-state index in [1.54, 1.807) is 79.4 Å². The smallest absolute Gasteiger partial charge is 0.349 e. The molecule has 206 valence electrons. The van der Waals surface area contributed by atoms with Crippen LogP contribution in [-0.2, 0) is 38.2 Å². The summed E-state index contributed by atoms with van der Waals surface area (Å²) in [5, 5.41) is 0. The summed E-state index contributed by atoms with van der Waals surface area (Å²) in [7, 11) is 2.33. The zero-order valence-electron chi connectivity index (χ0n) is 22.3. The predicted molar refractivity (Wildman–Crippen MR) is 138 cm³/mol. The van der Waals surface area contributed by atoms with Gasteiger partial charge in [0.05, 0.1) is 31.5 Å². The number of hydrogen-bond donors (Lipinski definition) is 0. The van der Waals surface area contributed by atoms with E-state index in [1.807, 2.05) is 0 Å². The lowest BCUT2D eigenvalue weighted by molar-refractivity contribution is -0.222. The number of ether oxygens (including phenoxy) is 3. The second kappa shape index (κ2) is 8.75. The molecule has 2 bridgehead atoms. The number of amides is 3. The van der Waals surface area contributed by atoms with Crippen LogP contribution < -0.4 is 4.90 Å². The van der Waals surface area contributed by atoms with E-state index in [9.17, 15) is 24.0 Å². The van der Waals surface area contributed by atoms with Gasteiger partial charge >= 0.3 is 11.9 Å². The van der Waals surface area contributed by atoms with Crippen LogP contribution in [-0.4, -0.2) is 71.7 Å². The Bertz CT molecular complexity index is 1490. The molecule has 40 heavy (non-hydrogen) atoms. The molecule has 0 aliphatic carbocycles. The average molecular weight is 546 g/mol. The van der Waals surface area contributed by atoms with Crippen LogP contribution in [0.3, 0.4) is 0 Å². The molecule has 11 nitrogen and oxygen atoms in total. The van der Waals surface area contributed by atoms with E-state index in [0.717, 1.165) is 12.0 Å². The predicted octanol–water partition coefficient (Wildman–Crippen LogP) is 1.75. The van der Waals surface area contributed by atoms with Crippen molar-refractivity contribution >= 4 is 35.3 Å². The summed E-state index contributed by atoms with van der Waals surface area (Å²) in [5.41, 5.74) is -1.05. The Kier molecular flexibility index (Phi) is 5.63. The number of piperidine rings is 1. The molecule has 0 radical (unpaired) electrons. The number of imide groups is 1. The lowest BCUT2D eigenvalue weighted by Crippen LogP contribution is -2.70. The Balaban J connectivity index is 1.67. The van der Waals surface area contributed by atoms with Crippen molar-refractivity contribution in [1.29, 1.82) is 0 Å². The molecule has 0 saturated carbocycles. The fraction of sp³-hybridized carbons (Fsp3) is 0.345. The van der Waals surface area contributed by atoms with Gasteiger partial charge in [-0.05, 0) is 31.5 Å². The van der Waals surface area contributed by atoms with Gasteiger partial charge in [0.1, 0.15) is 11.8 Å². The van der Waals surface area contributed by atoms with E-state index < -0.39 is 59.0 Å². The summed E-state index contributed by atoms with van der Waals surface area (Å²) in [6, 6.07) is 16.0. The van der Waals surface area contributed by atoms with Crippen LogP contribution in [0.4, 0.5) is 5.69 Å². The Morgan fingerprint density at radius 2 is 1.50 bits per heavy atom. The van der Waals surface area contributed by atoms with Crippen LogP contribution in [0.1, 0.15) is 25.5 Å². The lowest BCUT2D eigenvalue weighted by Gasteiger charge is -2.55. The fourth-order valence-electron chi connectivity index (χ4n) is 6.91. The van der Waals surface area contributed by atoms with Gasteiger partial charge in [-0.25, -0.2) is 14.5 Å². The first-order valence-corrected chi connectivity index (χ1v) is 12.9. The Morgan fingerprint density at radius 3 is 2.08 bits per heavy atom. The van der Waals surface area contributed by atoms with Crippen LogP contribution in [0.25, 0.3) is 0 Å². The maximum absolute atomic E-state index is 14.6. The van der Waals surface area contributed by atoms with E-state index in [2.05, 4.69) is 0 Å². The summed E-state index contributed by atoms with van der Waals surface area (Å²) in [4.78, 5) is 73.6. The lowest BCUT2D eigenvalue weighted by atomic mass is 9.73. The molecule has 5 atom stereocenters. The number of para-hydroxylation sites is 1. The minimum atomic E-state index is -2.44. The number of rotatable bonds is 5. The number of carbonyl (C=O) groups excluding carboxylic acids is 5. The van der Waals surface area contributed by atoms with E-state index in [-0.39, 0.29) is 12.1 Å². The van der Waals surface area contributed by atoms with Gasteiger partial charge < -0.3 is 19.1 Å². The van der Waals surface area contributed by atoms with E-state index in [4.69, 9.17) is 14.2 Å². The molecule has 3 fully saturated rings. The monoisotopic (exact) mass is 545 g/mol. The highest BCUT2D eigenvalue weighted by Gasteiger charge is 2.88. The van der Waals surface area contributed by atoms with Gasteiger partial charge in [-0.15, -0.1) is 0 Å². The van der Waals surface area contributed by atoms with Gasteiger partial charge in [0.25, 0.3) is 11.5 Å². The minimum absolute atomic E-state index is 0.152. The summed E-state index contributed by atoms with van der Waals surface area (Å²) in [6.07, 6.45) is 0. The molecular formula is C29H27N3O8. The molecule has 4 aliphatic rings. The van der Waals surface area contributed by atoms with Gasteiger partial charge in [0, 0.05) is 12.2 Å². The number of benzene rings is 2. The van der Waals surface area contributed by atoms with Crippen LogP contribution in [0, 0.1) is 11.8 Å². The third-order valence-electron chi connectivity index (χ3n) is 8.40. The topological polar surface area (TPSA) is 123 Å². The SMILES string of the molecule is CCN1C(C)=C(C(=O)OC)C(c2ccccc2)N2C(=O)C3(C(=O)OC)O[C@@]12[C@@H]1C(=O)N(c2ccccc2)C(=O)[C@@H]13. The number of esters is 2. The standard InChI is InChI=1S/C29H27N3O8/c1-5-30-16(2)19(25(35)38-3)22(17-12-8-6-9-13-17)32-26(36)28(27(37)39-4)20-21(29(30,32)40-28)24(34)31(23(20)33)18-14-10-7-11-15-18/h6-15,20-22H,5H2,1-4H3/t20-,21+,22?,28?,29+/m1/s1. The largest absolute Gasteiger partial charge is 0.466 e. The zero-order valence-corrected chi connectivity index (χ0v) is 22.3. The van der Waals surface area contributed by atoms with E-state index in [1.165, 1.54) is 12.0 Å². The molecule has 3 amide bonds. The van der Waals surface area contributed by atoms with Crippen molar-refractivity contribution in [3.8, 4) is 0 Å². The summed E-state index contributed by atoms with van der Waals surface area (Å²) < 4.78 is 16.7. The van der Waals surface area contributed by atoms with E-state index >= 15 is 0 Å². The molecule has 1 spiro atoms. The van der Waals surface area contributed by atoms with Crippen molar-refractivity contribution in [2.24, 2.45) is 11.8 Å². The molecule has 0 N–H and O–H groups in total. The quantitative estimate of drug-likeness (QED) is 0.314. The Hall–Kier alpha value is -4.51. The summed E-state index contributed by atoms with van der Waals surface area (Å²) in [5.74, 6) is -8.66. The van der Waals surface area contributed by atoms with E-state index in [0.29, 0.717) is 16.9 Å². The summed E-state index contributed by atoms with van der Waals surface area (Å²) >= 11 is 0. The van der Waals surface area contributed by atoms with Crippen LogP contribution in [0.5, 0.6) is 0 Å². The molecular weight excluding hydrogens is 518 g/mol. The number of allylic oxidation sites excluding steroid dienone is 1. The second-order valence-corrected chi connectivity index (χ2v) is 10.0. The first kappa shape index (κ1) is 25.8. The molecule has 2 aromatic rings. The highest BCUT2D eigenvalue weighted by atomic mass is 16.6. The van der Waals surface area contributed by atoms with Crippen LogP contribution in [0.15, 0.2) is 71.9 Å². The highest BCUT2D eigenvalue weighted by Crippen LogP contribution is 2.65. The number of anilines is 1. The first-order chi connectivity index (χ1) is 19.2. The first-order valence-electron chi connectivity index (χ1n) is 12.9. The average Bonchev–Trinajstić information content (AvgIpc) is 3.54. The number of methoxy groups -OCH3 is 2. The third-order valence-corrected chi connectivity index (χ3v) is 8.40. The maximum atomic E-state index is 14.6. The van der Waals surface area contributed by atoms with Crippen molar-refractivity contribution in [2.45, 2.75) is 31.3 Å². The molecule has 6 rings (SSSR count). The van der Waals surface area contributed by atoms with Crippen molar-refractivity contribution < 1.29 is 38.2 Å². The zero-order chi connectivity index (χ0) is 28.6. The van der Waals surface area contributed by atoms with Gasteiger partial charge in [-0.1, -0.05) is 48.5 Å². The molecule has 2 aromatic carbocycles. The minimum Gasteiger partial charge on any atom is -0.466 e. The Morgan fingerprint density at radius 1 is 0.900 bits per heavy atom. The van der Waals surface area contributed by atoms with Crippen LogP contribution in [0.2, 0.25) is 0 Å². The van der Waals surface area contributed by atoms with Crippen LogP contribution >= 0.6 is 0 Å². The fourth-order valence-corrected chi connectivity index (χ4v) is 6.91. The third kappa shape index (κ3) is 2.84. The molecule has 4 aliphatic heterocycles. The maximum Gasteiger partial charge on any atom is 0.349 e. The van der Waals surface area contributed by atoms with Gasteiger partial charge in [0.15, 0.2) is 0 Å². The molecule has 2 unspecified atom stereocenters. The Labute approximate surface area is 229 Å². The number of nitrogens with zero attached hydrogens (tertiary/aromatic N) is 3. The second-order valence-electron chi connectivity index (χ2n) is 10.0. The van der Waals surface area contributed by atoms with Gasteiger partial charge in [-0.3, -0.25) is 19.3 Å². The van der Waals surface area contributed by atoms with Gasteiger partial charge in [-0.2, -0.15) is 0 Å². The van der Waals surface area contributed by atoms with Crippen molar-refractivity contribution in [3.63, 3.8) is 0 Å². The van der Waals surface area contributed by atoms with Crippen molar-refractivity contribution in [3.05, 3.63) is 77.5 Å². The molecule has 4 heterocycles. The van der Waals surface area contributed by atoms with Crippen molar-refractivity contribution in [1.82, 2.24) is 9.80 Å². The highest BCUT2D eigenvalue weighted by molar-refractivity contribution is 6.28.